The largest absolute Gasteiger partial charge is 0.496 e. The van der Waals surface area contributed by atoms with Crippen molar-refractivity contribution in [3.63, 3.8) is 0 Å². The van der Waals surface area contributed by atoms with Crippen LogP contribution in [0.15, 0.2) is 52.0 Å². The summed E-state index contributed by atoms with van der Waals surface area (Å²) in [7, 11) is 3.86. The quantitative estimate of drug-likeness (QED) is 0.251. The molecule has 0 amide bonds. The normalized spacial score (nSPS) is 19.0. The highest BCUT2D eigenvalue weighted by molar-refractivity contribution is 7.99. The van der Waals surface area contributed by atoms with Gasteiger partial charge in [-0.05, 0) is 63.4 Å². The molecule has 0 bridgehead atoms. The predicted molar refractivity (Wildman–Crippen MR) is 151 cm³/mol. The van der Waals surface area contributed by atoms with Gasteiger partial charge in [-0.25, -0.2) is 0 Å². The number of fused-ring (bicyclic) bond motifs is 1. The van der Waals surface area contributed by atoms with Crippen molar-refractivity contribution in [2.45, 2.75) is 56.3 Å². The van der Waals surface area contributed by atoms with Gasteiger partial charge in [0.1, 0.15) is 22.9 Å². The van der Waals surface area contributed by atoms with Crippen LogP contribution < -0.4 is 4.74 Å². The van der Waals surface area contributed by atoms with Crippen LogP contribution in [0.1, 0.15) is 48.7 Å². The van der Waals surface area contributed by atoms with E-state index in [1.807, 2.05) is 13.0 Å². The van der Waals surface area contributed by atoms with Gasteiger partial charge < -0.3 is 18.5 Å². The lowest BCUT2D eigenvalue weighted by atomic mass is 9.95. The van der Waals surface area contributed by atoms with E-state index in [0.29, 0.717) is 12.0 Å². The molecule has 0 unspecified atom stereocenters. The lowest BCUT2D eigenvalue weighted by molar-refractivity contribution is 0.129. The van der Waals surface area contributed by atoms with Crippen molar-refractivity contribution in [1.29, 1.82) is 0 Å². The van der Waals surface area contributed by atoms with E-state index < -0.39 is 0 Å². The molecule has 0 radical (unpaired) electrons. The van der Waals surface area contributed by atoms with Gasteiger partial charge in [0, 0.05) is 48.4 Å². The first-order valence-electron chi connectivity index (χ1n) is 13.6. The molecule has 2 aliphatic rings. The van der Waals surface area contributed by atoms with Crippen molar-refractivity contribution < 1.29 is 13.9 Å². The van der Waals surface area contributed by atoms with Gasteiger partial charge in [0.25, 0.3) is 0 Å². The van der Waals surface area contributed by atoms with Crippen molar-refractivity contribution in [3.05, 3.63) is 59.6 Å². The highest BCUT2D eigenvalue weighted by Crippen LogP contribution is 2.39. The number of nitrogens with zero attached hydrogens (tertiary/aromatic N) is 4. The molecule has 2 aliphatic heterocycles. The second-order valence-electron chi connectivity index (χ2n) is 10.5. The summed E-state index contributed by atoms with van der Waals surface area (Å²) in [6.07, 6.45) is 4.83. The number of furan rings is 1. The van der Waals surface area contributed by atoms with E-state index in [0.717, 1.165) is 95.8 Å². The van der Waals surface area contributed by atoms with Gasteiger partial charge in [-0.2, -0.15) is 0 Å². The van der Waals surface area contributed by atoms with Crippen LogP contribution in [0.5, 0.6) is 5.75 Å². The zero-order valence-electron chi connectivity index (χ0n) is 22.5. The van der Waals surface area contributed by atoms with Gasteiger partial charge in [-0.1, -0.05) is 42.1 Å². The van der Waals surface area contributed by atoms with Crippen LogP contribution in [-0.2, 0) is 18.3 Å². The Morgan fingerprint density at radius 3 is 2.63 bits per heavy atom. The number of aryl methyl sites for hydroxylation is 1. The molecule has 0 aliphatic carbocycles. The number of hydrogen-bond donors (Lipinski definition) is 0. The maximum Gasteiger partial charge on any atom is 0.191 e. The monoisotopic (exact) mass is 532 g/mol. The molecule has 7 nitrogen and oxygen atoms in total. The van der Waals surface area contributed by atoms with Crippen LogP contribution in [0.4, 0.5) is 0 Å². The summed E-state index contributed by atoms with van der Waals surface area (Å²) in [5.74, 6) is 4.35. The zero-order chi connectivity index (χ0) is 26.1. The molecule has 4 aromatic rings. The number of piperidine rings is 1. The number of benzene rings is 2. The van der Waals surface area contributed by atoms with Gasteiger partial charge in [0.2, 0.25) is 0 Å². The second kappa shape index (κ2) is 11.1. The molecular weight excluding hydrogens is 496 g/mol. The fourth-order valence-electron chi connectivity index (χ4n) is 5.91. The Labute approximate surface area is 228 Å². The Balaban J connectivity index is 1.12. The standard InChI is InChI=1S/C30H36N4O3S/c1-20-28(21-8-5-4-6-9-21)25-17-26(35-3)23(16-27(25)37-20)18-34-13-11-22(12-14-34)29-31-32-30(33(29)2)38-19-24-10-7-15-36-24/h4-6,8-9,16-17,22,24H,7,10-15,18-19H2,1-3H3/t24-/m0/s1. The summed E-state index contributed by atoms with van der Waals surface area (Å²) in [6, 6.07) is 14.7. The van der Waals surface area contributed by atoms with Crippen LogP contribution in [0.3, 0.4) is 0 Å². The SMILES string of the molecule is COc1cc2c(-c3ccccc3)c(C)oc2cc1CN1CCC(c2nnc(SC[C@@H]3CCCO3)n2C)CC1. The summed E-state index contributed by atoms with van der Waals surface area (Å²) < 4.78 is 20.0. The van der Waals surface area contributed by atoms with E-state index in [4.69, 9.17) is 13.9 Å². The smallest absolute Gasteiger partial charge is 0.191 e. The molecule has 200 valence electrons. The molecule has 0 spiro atoms. The van der Waals surface area contributed by atoms with Crippen molar-refractivity contribution in [3.8, 4) is 16.9 Å². The van der Waals surface area contributed by atoms with Crippen LogP contribution in [0.25, 0.3) is 22.1 Å². The molecule has 2 saturated heterocycles. The third kappa shape index (κ3) is 5.09. The first kappa shape index (κ1) is 25.5. The third-order valence-corrected chi connectivity index (χ3v) is 9.12. The van der Waals surface area contributed by atoms with Gasteiger partial charge in [0.05, 0.1) is 13.2 Å². The fraction of sp³-hybridized carbons (Fsp3) is 0.467. The summed E-state index contributed by atoms with van der Waals surface area (Å²) in [5, 5.41) is 11.2. The maximum atomic E-state index is 6.22. The molecule has 38 heavy (non-hydrogen) atoms. The molecule has 1 atom stereocenters. The maximum absolute atomic E-state index is 6.22. The molecule has 0 saturated carbocycles. The van der Waals surface area contributed by atoms with E-state index in [1.54, 1.807) is 18.9 Å². The minimum absolute atomic E-state index is 0.356. The lowest BCUT2D eigenvalue weighted by Crippen LogP contribution is -2.33. The molecule has 2 aromatic carbocycles. The van der Waals surface area contributed by atoms with E-state index in [9.17, 15) is 0 Å². The summed E-state index contributed by atoms with van der Waals surface area (Å²) >= 11 is 1.77. The molecule has 4 heterocycles. The number of ether oxygens (including phenoxy) is 2. The average Bonchev–Trinajstić information content (AvgIpc) is 3.66. The molecular formula is C30H36N4O3S. The number of rotatable bonds is 8. The Bertz CT molecular complexity index is 1390. The van der Waals surface area contributed by atoms with Gasteiger partial charge >= 0.3 is 0 Å². The Hall–Kier alpha value is -2.81. The number of hydrogen-bond acceptors (Lipinski definition) is 7. The summed E-state index contributed by atoms with van der Waals surface area (Å²) in [6.45, 7) is 5.81. The van der Waals surface area contributed by atoms with Crippen LogP contribution in [0.2, 0.25) is 0 Å². The average molecular weight is 533 g/mol. The second-order valence-corrected chi connectivity index (χ2v) is 11.4. The Morgan fingerprint density at radius 2 is 1.89 bits per heavy atom. The first-order valence-corrected chi connectivity index (χ1v) is 14.6. The molecule has 0 N–H and O–H groups in total. The minimum Gasteiger partial charge on any atom is -0.496 e. The Kier molecular flexibility index (Phi) is 7.45. The minimum atomic E-state index is 0.356. The van der Waals surface area contributed by atoms with Crippen LogP contribution in [-0.4, -0.2) is 58.3 Å². The van der Waals surface area contributed by atoms with E-state index >= 15 is 0 Å². The molecule has 6 rings (SSSR count). The van der Waals surface area contributed by atoms with Crippen molar-refractivity contribution >= 4 is 22.7 Å². The topological polar surface area (TPSA) is 65.6 Å². The number of aromatic nitrogens is 3. The summed E-state index contributed by atoms with van der Waals surface area (Å²) in [5.41, 5.74) is 4.39. The molecule has 8 heteroatoms. The van der Waals surface area contributed by atoms with Crippen LogP contribution >= 0.6 is 11.8 Å². The first-order chi connectivity index (χ1) is 18.6. The van der Waals surface area contributed by atoms with E-state index in [-0.39, 0.29) is 0 Å². The highest BCUT2D eigenvalue weighted by atomic mass is 32.2. The third-order valence-electron chi connectivity index (χ3n) is 7.97. The molecule has 2 aromatic heterocycles. The highest BCUT2D eigenvalue weighted by Gasteiger charge is 2.27. The summed E-state index contributed by atoms with van der Waals surface area (Å²) in [4.78, 5) is 2.51. The zero-order valence-corrected chi connectivity index (χ0v) is 23.3. The van der Waals surface area contributed by atoms with Crippen molar-refractivity contribution in [2.24, 2.45) is 7.05 Å². The van der Waals surface area contributed by atoms with Gasteiger partial charge in [0.15, 0.2) is 5.16 Å². The molecule has 2 fully saturated rings. The number of likely N-dealkylation sites (tertiary alicyclic amines) is 1. The Morgan fingerprint density at radius 1 is 1.08 bits per heavy atom. The van der Waals surface area contributed by atoms with Crippen LogP contribution in [0, 0.1) is 6.92 Å². The van der Waals surface area contributed by atoms with E-state index in [2.05, 4.69) is 63.1 Å². The number of methoxy groups -OCH3 is 1. The lowest BCUT2D eigenvalue weighted by Gasteiger charge is -2.31. The predicted octanol–water partition coefficient (Wildman–Crippen LogP) is 6.20. The number of thioether (sulfide) groups is 1. The van der Waals surface area contributed by atoms with Crippen molar-refractivity contribution in [1.82, 2.24) is 19.7 Å². The van der Waals surface area contributed by atoms with Gasteiger partial charge in [-0.15, -0.1) is 10.2 Å². The fourth-order valence-corrected chi connectivity index (χ4v) is 6.89. The van der Waals surface area contributed by atoms with Crippen molar-refractivity contribution in [2.75, 3.05) is 32.6 Å². The van der Waals surface area contributed by atoms with Gasteiger partial charge in [-0.3, -0.25) is 4.90 Å². The van der Waals surface area contributed by atoms with E-state index in [1.165, 1.54) is 12.0 Å².